The zero-order valence-electron chi connectivity index (χ0n) is 37.7. The Morgan fingerprint density at radius 1 is 0.984 bits per heavy atom. The van der Waals surface area contributed by atoms with E-state index in [1.807, 2.05) is 7.05 Å². The second-order valence-corrected chi connectivity index (χ2v) is 17.7. The van der Waals surface area contributed by atoms with Gasteiger partial charge in [-0.3, -0.25) is 29.0 Å². The highest BCUT2D eigenvalue weighted by Crippen LogP contribution is 2.25. The summed E-state index contributed by atoms with van der Waals surface area (Å²) in [6.45, 7) is 8.38. The van der Waals surface area contributed by atoms with Crippen LogP contribution in [0.3, 0.4) is 0 Å². The van der Waals surface area contributed by atoms with Gasteiger partial charge in [0.1, 0.15) is 35.8 Å². The maximum Gasteiger partial charge on any atom is 0.325 e. The number of hydrazine groups is 1. The third-order valence-electron chi connectivity index (χ3n) is 12.3. The monoisotopic (exact) mass is 876 g/mol. The quantitative estimate of drug-likeness (QED) is 0.112. The number of aromatic hydroxyl groups is 1. The van der Waals surface area contributed by atoms with E-state index in [2.05, 4.69) is 16.1 Å². The first-order valence-corrected chi connectivity index (χ1v) is 22.4. The molecule has 1 aromatic carbocycles. The molecule has 2 heterocycles. The zero-order chi connectivity index (χ0) is 46.2. The lowest BCUT2D eigenvalue weighted by Crippen LogP contribution is -2.62. The molecule has 1 saturated carbocycles. The number of phenols is 1. The maximum absolute atomic E-state index is 14.4. The van der Waals surface area contributed by atoms with E-state index in [0.29, 0.717) is 24.0 Å². The molecule has 4 rings (SSSR count). The first-order valence-electron chi connectivity index (χ1n) is 22.4. The molecule has 1 saturated heterocycles. The number of carbonyl (C=O) groups is 6. The molecule has 1 aromatic rings. The summed E-state index contributed by atoms with van der Waals surface area (Å²) in [6.07, 6.45) is 14.2. The average Bonchev–Trinajstić information content (AvgIpc) is 3.26. The van der Waals surface area contributed by atoms with Crippen LogP contribution in [0, 0.1) is 17.8 Å². The number of nitrogens with one attached hydrogen (secondary N) is 3. The largest absolute Gasteiger partial charge is 0.508 e. The zero-order valence-corrected chi connectivity index (χ0v) is 37.7. The molecule has 0 radical (unpaired) electrons. The summed E-state index contributed by atoms with van der Waals surface area (Å²) in [6, 6.07) is 3.15. The molecule has 2 fully saturated rings. The number of aliphatic hydroxyl groups excluding tert-OH is 2. The van der Waals surface area contributed by atoms with Crippen LogP contribution >= 0.6 is 0 Å². The number of hydrogen-bond acceptors (Lipinski definition) is 11. The molecule has 3 aliphatic rings. The van der Waals surface area contributed by atoms with Crippen molar-refractivity contribution in [1.29, 1.82) is 0 Å². The number of benzene rings is 1. The second kappa shape index (κ2) is 24.7. The minimum atomic E-state index is -1.42. The number of carbonyl (C=O) groups excluding carboxylic acids is 6. The second-order valence-electron chi connectivity index (χ2n) is 17.7. The maximum atomic E-state index is 14.4. The summed E-state index contributed by atoms with van der Waals surface area (Å²) in [5, 5.41) is 39.7. The Labute approximate surface area is 372 Å². The van der Waals surface area contributed by atoms with E-state index in [1.165, 1.54) is 42.6 Å². The number of allylic oxidation sites excluding steroid dienone is 4. The van der Waals surface area contributed by atoms with Crippen LogP contribution in [-0.2, 0) is 39.9 Å². The number of esters is 1. The molecule has 2 bridgehead atoms. The average molecular weight is 876 g/mol. The van der Waals surface area contributed by atoms with Crippen molar-refractivity contribution in [2.45, 2.75) is 148 Å². The van der Waals surface area contributed by atoms with Crippen molar-refractivity contribution in [2.75, 3.05) is 13.6 Å². The smallest absolute Gasteiger partial charge is 0.325 e. The van der Waals surface area contributed by atoms with Crippen LogP contribution in [0.4, 0.5) is 0 Å². The number of phenolic OH excluding ortho intramolecular Hbond substituents is 1. The van der Waals surface area contributed by atoms with Gasteiger partial charge in [0.05, 0.1) is 18.1 Å². The minimum Gasteiger partial charge on any atom is -0.508 e. The van der Waals surface area contributed by atoms with Gasteiger partial charge >= 0.3 is 5.97 Å². The minimum absolute atomic E-state index is 0.0252. The van der Waals surface area contributed by atoms with Crippen molar-refractivity contribution in [3.05, 3.63) is 77.9 Å². The van der Waals surface area contributed by atoms with Gasteiger partial charge in [0.2, 0.25) is 17.7 Å². The van der Waals surface area contributed by atoms with E-state index in [-0.39, 0.29) is 55.7 Å². The normalized spacial score (nSPS) is 27.9. The van der Waals surface area contributed by atoms with Crippen LogP contribution in [-0.4, -0.2) is 117 Å². The Bertz CT molecular complexity index is 1870. The summed E-state index contributed by atoms with van der Waals surface area (Å²) < 4.78 is 6.10. The number of amides is 4. The molecule has 15 nitrogen and oxygen atoms in total. The van der Waals surface area contributed by atoms with Crippen LogP contribution in [0.2, 0.25) is 0 Å². The molecule has 6 N–H and O–H groups in total. The highest BCUT2D eigenvalue weighted by Gasteiger charge is 2.38. The third kappa shape index (κ3) is 15.3. The fraction of sp³-hybridized carbons (Fsp3) is 0.583. The predicted molar refractivity (Wildman–Crippen MR) is 238 cm³/mol. The van der Waals surface area contributed by atoms with Crippen LogP contribution < -0.4 is 16.1 Å². The van der Waals surface area contributed by atoms with Crippen molar-refractivity contribution in [1.82, 2.24) is 26.0 Å². The molecule has 8 unspecified atom stereocenters. The molecule has 0 aromatic heterocycles. The Kier molecular flexibility index (Phi) is 19.8. The van der Waals surface area contributed by atoms with Gasteiger partial charge in [0.25, 0.3) is 5.91 Å². The number of likely N-dealkylation sites (N-methyl/N-ethyl adjacent to an activating group) is 1. The molecule has 4 amide bonds. The van der Waals surface area contributed by atoms with Gasteiger partial charge in [-0.25, -0.2) is 5.43 Å². The summed E-state index contributed by atoms with van der Waals surface area (Å²) >= 11 is 0. The number of aliphatic hydroxyl groups is 2. The van der Waals surface area contributed by atoms with Gasteiger partial charge in [-0.15, -0.1) is 0 Å². The third-order valence-corrected chi connectivity index (χ3v) is 12.3. The first-order chi connectivity index (χ1) is 30.0. The van der Waals surface area contributed by atoms with E-state index in [4.69, 9.17) is 4.74 Å². The molecule has 15 heteroatoms. The Hall–Kier alpha value is -5.12. The van der Waals surface area contributed by atoms with E-state index in [0.717, 1.165) is 25.7 Å². The molecule has 2 aliphatic heterocycles. The number of nitrogens with zero attached hydrogens (tertiary/aromatic N) is 2. The molecule has 346 valence electrons. The van der Waals surface area contributed by atoms with Crippen LogP contribution in [0.5, 0.6) is 5.75 Å². The van der Waals surface area contributed by atoms with E-state index in [1.54, 1.807) is 75.1 Å². The van der Waals surface area contributed by atoms with Gasteiger partial charge in [-0.2, -0.15) is 0 Å². The first kappa shape index (κ1) is 50.5. The van der Waals surface area contributed by atoms with Gasteiger partial charge in [0, 0.05) is 50.9 Å². The van der Waals surface area contributed by atoms with Crippen LogP contribution in [0.1, 0.15) is 104 Å². The lowest BCUT2D eigenvalue weighted by Gasteiger charge is -2.36. The summed E-state index contributed by atoms with van der Waals surface area (Å²) in [7, 11) is 1.81. The standard InChI is InChI=1S/C48H69N5O10/c1-30(2)43-46(60)49-39(29-34-17-14-20-36(55)28-34)47(61)53-27-15-21-38(51-53)48(62)63-41(31(3)16-13-24-42(57)52(6)35-18-9-7-10-19-35)23-12-8-11-22-40(56)33(5)44(58)37(45(59)50-43)26-25-32(4)54/h8,11-14,16-17,20,22,24,28,30,33,35,37-41,43-44,51,55-56,58H,7,9-10,15,18-19,21,23,25-27,29H2,1-6H3,(H,49,60)(H,50,59). The van der Waals surface area contributed by atoms with Crippen LogP contribution in [0.15, 0.2) is 72.4 Å². The van der Waals surface area contributed by atoms with Gasteiger partial charge in [0.15, 0.2) is 0 Å². The topological polar surface area (TPSA) is 215 Å². The highest BCUT2D eigenvalue weighted by molar-refractivity contribution is 5.93. The predicted octanol–water partition coefficient (Wildman–Crippen LogP) is 4.12. The Morgan fingerprint density at radius 3 is 2.40 bits per heavy atom. The Balaban J connectivity index is 1.69. The summed E-state index contributed by atoms with van der Waals surface area (Å²) in [5.41, 5.74) is 4.21. The lowest BCUT2D eigenvalue weighted by molar-refractivity contribution is -0.156. The number of rotatable bonds is 10. The van der Waals surface area contributed by atoms with Gasteiger partial charge in [-0.1, -0.05) is 88.6 Å². The lowest BCUT2D eigenvalue weighted by atomic mass is 9.84. The van der Waals surface area contributed by atoms with Gasteiger partial charge < -0.3 is 40.4 Å². The van der Waals surface area contributed by atoms with Crippen molar-refractivity contribution in [2.24, 2.45) is 17.8 Å². The fourth-order valence-electron chi connectivity index (χ4n) is 8.20. The van der Waals surface area contributed by atoms with Gasteiger partial charge in [-0.05, 0) is 75.1 Å². The van der Waals surface area contributed by atoms with Crippen LogP contribution in [0.25, 0.3) is 0 Å². The molecule has 8 atom stereocenters. The number of hydrogen-bond donors (Lipinski definition) is 6. The Morgan fingerprint density at radius 2 is 1.71 bits per heavy atom. The molecule has 0 spiro atoms. The summed E-state index contributed by atoms with van der Waals surface area (Å²) in [4.78, 5) is 83.2. The number of ether oxygens (including phenoxy) is 1. The number of Topliss-reactive ketones (excluding diaryl/α,β-unsaturated/α-hetero) is 1. The highest BCUT2D eigenvalue weighted by atomic mass is 16.5. The number of cyclic esters (lactones) is 1. The summed E-state index contributed by atoms with van der Waals surface area (Å²) in [5.74, 6) is -5.44. The number of ketones is 1. The molecular formula is C48H69N5O10. The SMILES string of the molecule is CC(=O)CCC1C(=O)NC(C(C)C)C(=O)NC(Cc2cccc(O)c2)C(=O)N2CCCC(N2)C(=O)OC(C(C)=CC=CC(=O)N(C)C2CCCCC2)CC=CC=CC(O)C(C)C1O. The van der Waals surface area contributed by atoms with E-state index in [9.17, 15) is 44.1 Å². The van der Waals surface area contributed by atoms with E-state index >= 15 is 0 Å². The molecule has 63 heavy (non-hydrogen) atoms. The fourth-order valence-corrected chi connectivity index (χ4v) is 8.20. The van der Waals surface area contributed by atoms with Crippen molar-refractivity contribution in [3.8, 4) is 5.75 Å². The molecular weight excluding hydrogens is 807 g/mol. The van der Waals surface area contributed by atoms with E-state index < -0.39 is 77.9 Å². The van der Waals surface area contributed by atoms with Crippen molar-refractivity contribution < 1.29 is 48.8 Å². The van der Waals surface area contributed by atoms with Crippen molar-refractivity contribution >= 4 is 35.4 Å². The molecule has 1 aliphatic carbocycles. The number of fused-ring (bicyclic) bond motifs is 2. The van der Waals surface area contributed by atoms with Crippen molar-refractivity contribution in [3.63, 3.8) is 0 Å².